The lowest BCUT2D eigenvalue weighted by Crippen LogP contribution is -2.41. The van der Waals surface area contributed by atoms with Crippen molar-refractivity contribution < 1.29 is 23.6 Å². The summed E-state index contributed by atoms with van der Waals surface area (Å²) in [6, 6.07) is 14.2. The van der Waals surface area contributed by atoms with Gasteiger partial charge in [0, 0.05) is 24.0 Å². The minimum absolute atomic E-state index is 0.0732. The summed E-state index contributed by atoms with van der Waals surface area (Å²) in [5, 5.41) is 3.91. The van der Waals surface area contributed by atoms with E-state index in [1.165, 1.54) is 7.11 Å². The van der Waals surface area contributed by atoms with E-state index >= 15 is 0 Å². The molecule has 0 unspecified atom stereocenters. The highest BCUT2D eigenvalue weighted by atomic mass is 16.5. The number of nitrogens with one attached hydrogen (secondary N) is 2. The first-order valence-electron chi connectivity index (χ1n) is 9.88. The summed E-state index contributed by atoms with van der Waals surface area (Å²) in [5.74, 6) is 0.940. The molecular formula is C22H24N4O5. The van der Waals surface area contributed by atoms with Crippen LogP contribution >= 0.6 is 0 Å². The average Bonchev–Trinajstić information content (AvgIpc) is 3.29. The summed E-state index contributed by atoms with van der Waals surface area (Å²) in [7, 11) is 1.50. The average molecular weight is 424 g/mol. The molecule has 31 heavy (non-hydrogen) atoms. The highest BCUT2D eigenvalue weighted by Crippen LogP contribution is 2.28. The van der Waals surface area contributed by atoms with Gasteiger partial charge in [0.25, 0.3) is 5.91 Å². The maximum Gasteiger partial charge on any atom is 0.269 e. The first kappa shape index (κ1) is 21.8. The molecule has 162 valence electrons. The van der Waals surface area contributed by atoms with Crippen LogP contribution in [0.1, 0.15) is 36.0 Å². The van der Waals surface area contributed by atoms with Crippen LogP contribution in [0.5, 0.6) is 11.5 Å². The topological polar surface area (TPSA) is 116 Å². The standard InChI is InChI=1S/C22H24N4O5/c1-3-13-30-17-10-9-16(14-18(17)29-2)22(28)25-24-19(27)11-12-20-23-21(26-31-20)15-7-5-4-6-8-15/h4-10,14H,3,11-13H2,1-2H3,(H,24,27)(H,25,28). The van der Waals surface area contributed by atoms with E-state index in [0.29, 0.717) is 35.4 Å². The first-order chi connectivity index (χ1) is 15.1. The van der Waals surface area contributed by atoms with Gasteiger partial charge < -0.3 is 14.0 Å². The summed E-state index contributed by atoms with van der Waals surface area (Å²) in [6.07, 6.45) is 1.18. The highest BCUT2D eigenvalue weighted by molar-refractivity contribution is 5.96. The molecule has 0 aliphatic carbocycles. The van der Waals surface area contributed by atoms with E-state index < -0.39 is 5.91 Å². The second kappa shape index (κ2) is 10.8. The van der Waals surface area contributed by atoms with Crippen LogP contribution in [-0.2, 0) is 11.2 Å². The fraction of sp³-hybridized carbons (Fsp3) is 0.273. The number of hydrogen-bond donors (Lipinski definition) is 2. The maximum atomic E-state index is 12.3. The molecule has 9 nitrogen and oxygen atoms in total. The van der Waals surface area contributed by atoms with Gasteiger partial charge in [-0.15, -0.1) is 0 Å². The maximum absolute atomic E-state index is 12.3. The molecule has 1 aromatic heterocycles. The van der Waals surface area contributed by atoms with Crippen molar-refractivity contribution in [2.24, 2.45) is 0 Å². The lowest BCUT2D eigenvalue weighted by atomic mass is 10.2. The normalized spacial score (nSPS) is 10.4. The van der Waals surface area contributed by atoms with E-state index in [1.807, 2.05) is 37.3 Å². The molecule has 9 heteroatoms. The van der Waals surface area contributed by atoms with Crippen molar-refractivity contribution in [2.75, 3.05) is 13.7 Å². The third kappa shape index (κ3) is 6.05. The number of aryl methyl sites for hydroxylation is 1. The molecule has 0 aliphatic rings. The van der Waals surface area contributed by atoms with E-state index in [2.05, 4.69) is 21.0 Å². The number of rotatable bonds is 9. The minimum atomic E-state index is -0.474. The van der Waals surface area contributed by atoms with E-state index in [4.69, 9.17) is 14.0 Å². The molecule has 3 rings (SSSR count). The van der Waals surface area contributed by atoms with Gasteiger partial charge in [-0.25, -0.2) is 0 Å². The SMILES string of the molecule is CCCOc1ccc(C(=O)NNC(=O)CCc2nc(-c3ccccc3)no2)cc1OC. The molecule has 2 amide bonds. The van der Waals surface area contributed by atoms with Crippen molar-refractivity contribution in [3.05, 3.63) is 60.0 Å². The fourth-order valence-corrected chi connectivity index (χ4v) is 2.68. The molecule has 0 fully saturated rings. The van der Waals surface area contributed by atoms with Gasteiger partial charge in [0.1, 0.15) is 0 Å². The second-order valence-corrected chi connectivity index (χ2v) is 6.59. The summed E-state index contributed by atoms with van der Waals surface area (Å²) in [4.78, 5) is 28.7. The number of hydrazine groups is 1. The van der Waals surface area contributed by atoms with Gasteiger partial charge in [-0.1, -0.05) is 42.4 Å². The Kier molecular flexibility index (Phi) is 7.58. The van der Waals surface area contributed by atoms with Crippen LogP contribution in [0.15, 0.2) is 53.1 Å². The van der Waals surface area contributed by atoms with Crippen molar-refractivity contribution in [3.63, 3.8) is 0 Å². The largest absolute Gasteiger partial charge is 0.493 e. The van der Waals surface area contributed by atoms with Crippen molar-refractivity contribution in [1.82, 2.24) is 21.0 Å². The molecule has 3 aromatic rings. The lowest BCUT2D eigenvalue weighted by Gasteiger charge is -2.12. The third-order valence-electron chi connectivity index (χ3n) is 4.27. The van der Waals surface area contributed by atoms with Crippen molar-refractivity contribution in [1.29, 1.82) is 0 Å². The van der Waals surface area contributed by atoms with Gasteiger partial charge in [0.15, 0.2) is 11.5 Å². The number of aromatic nitrogens is 2. The zero-order chi connectivity index (χ0) is 22.1. The van der Waals surface area contributed by atoms with Gasteiger partial charge >= 0.3 is 0 Å². The van der Waals surface area contributed by atoms with Crippen LogP contribution in [0, 0.1) is 0 Å². The number of nitrogens with zero attached hydrogens (tertiary/aromatic N) is 2. The van der Waals surface area contributed by atoms with Crippen molar-refractivity contribution in [2.45, 2.75) is 26.2 Å². The van der Waals surface area contributed by atoms with E-state index in [9.17, 15) is 9.59 Å². The zero-order valence-electron chi connectivity index (χ0n) is 17.4. The predicted octanol–water partition coefficient (Wildman–Crippen LogP) is 2.93. The lowest BCUT2D eigenvalue weighted by molar-refractivity contribution is -0.121. The van der Waals surface area contributed by atoms with Gasteiger partial charge in [-0.05, 0) is 24.6 Å². The number of amides is 2. The molecule has 0 aliphatic heterocycles. The van der Waals surface area contributed by atoms with Gasteiger partial charge in [-0.3, -0.25) is 20.4 Å². The molecule has 0 bridgehead atoms. The van der Waals surface area contributed by atoms with Crippen LogP contribution in [0.4, 0.5) is 0 Å². The van der Waals surface area contributed by atoms with Crippen LogP contribution in [0.25, 0.3) is 11.4 Å². The van der Waals surface area contributed by atoms with Gasteiger partial charge in [-0.2, -0.15) is 4.98 Å². The van der Waals surface area contributed by atoms with E-state index in [-0.39, 0.29) is 18.7 Å². The Morgan fingerprint density at radius 2 is 1.87 bits per heavy atom. The summed E-state index contributed by atoms with van der Waals surface area (Å²) in [6.45, 7) is 2.54. The third-order valence-corrected chi connectivity index (χ3v) is 4.27. The second-order valence-electron chi connectivity index (χ2n) is 6.59. The quantitative estimate of drug-likeness (QED) is 0.507. The molecule has 2 N–H and O–H groups in total. The molecule has 0 radical (unpaired) electrons. The minimum Gasteiger partial charge on any atom is -0.493 e. The number of benzene rings is 2. The van der Waals surface area contributed by atoms with Crippen LogP contribution < -0.4 is 20.3 Å². The molecule has 0 atom stereocenters. The summed E-state index contributed by atoms with van der Waals surface area (Å²) in [5.41, 5.74) is 5.91. The molecule has 0 saturated heterocycles. The van der Waals surface area contributed by atoms with Crippen LogP contribution in [0.3, 0.4) is 0 Å². The molecule has 1 heterocycles. The predicted molar refractivity (Wildman–Crippen MR) is 112 cm³/mol. The zero-order valence-corrected chi connectivity index (χ0v) is 17.4. The number of ether oxygens (including phenoxy) is 2. The number of hydrogen-bond acceptors (Lipinski definition) is 7. The summed E-state index contributed by atoms with van der Waals surface area (Å²) >= 11 is 0. The van der Waals surface area contributed by atoms with Crippen LogP contribution in [-0.4, -0.2) is 35.7 Å². The first-order valence-corrected chi connectivity index (χ1v) is 9.88. The summed E-state index contributed by atoms with van der Waals surface area (Å²) < 4.78 is 16.0. The fourth-order valence-electron chi connectivity index (χ4n) is 2.68. The van der Waals surface area contributed by atoms with Crippen LogP contribution in [0.2, 0.25) is 0 Å². The Morgan fingerprint density at radius 1 is 1.06 bits per heavy atom. The molecular weight excluding hydrogens is 400 g/mol. The van der Waals surface area contributed by atoms with Crippen molar-refractivity contribution >= 4 is 11.8 Å². The Morgan fingerprint density at radius 3 is 2.61 bits per heavy atom. The van der Waals surface area contributed by atoms with E-state index in [0.717, 1.165) is 12.0 Å². The van der Waals surface area contributed by atoms with Gasteiger partial charge in [0.2, 0.25) is 17.6 Å². The number of carbonyl (C=O) groups excluding carboxylic acids is 2. The van der Waals surface area contributed by atoms with Crippen molar-refractivity contribution in [3.8, 4) is 22.9 Å². The monoisotopic (exact) mass is 424 g/mol. The Labute approximate surface area is 179 Å². The van der Waals surface area contributed by atoms with Gasteiger partial charge in [0.05, 0.1) is 13.7 Å². The Hall–Kier alpha value is -3.88. The number of carbonyl (C=O) groups is 2. The molecule has 2 aromatic carbocycles. The molecule has 0 saturated carbocycles. The van der Waals surface area contributed by atoms with E-state index in [1.54, 1.807) is 18.2 Å². The highest BCUT2D eigenvalue weighted by Gasteiger charge is 2.14. The Bertz CT molecular complexity index is 1020. The molecule has 0 spiro atoms. The Balaban J connectivity index is 1.48. The number of methoxy groups -OCH3 is 1. The smallest absolute Gasteiger partial charge is 0.269 e.